The van der Waals surface area contributed by atoms with Crippen LogP contribution in [0.2, 0.25) is 5.02 Å². The molecule has 1 saturated carbocycles. The highest BCUT2D eigenvalue weighted by atomic mass is 35.5. The summed E-state index contributed by atoms with van der Waals surface area (Å²) in [5, 5.41) is 5.94. The van der Waals surface area contributed by atoms with Crippen molar-refractivity contribution in [1.29, 1.82) is 0 Å². The van der Waals surface area contributed by atoms with Crippen LogP contribution >= 0.6 is 11.6 Å². The van der Waals surface area contributed by atoms with E-state index in [9.17, 15) is 19.2 Å². The van der Waals surface area contributed by atoms with Crippen molar-refractivity contribution in [2.45, 2.75) is 44.7 Å². The lowest BCUT2D eigenvalue weighted by atomic mass is 9.73. The third-order valence-corrected chi connectivity index (χ3v) is 5.77. The third kappa shape index (κ3) is 4.70. The van der Waals surface area contributed by atoms with Crippen LogP contribution in [0.4, 0.5) is 4.79 Å². The number of amides is 4. The van der Waals surface area contributed by atoms with Crippen molar-refractivity contribution in [3.8, 4) is 0 Å². The highest BCUT2D eigenvalue weighted by Crippen LogP contribution is 2.38. The van der Waals surface area contributed by atoms with Crippen LogP contribution in [0.15, 0.2) is 24.3 Å². The first kappa shape index (κ1) is 21.1. The van der Waals surface area contributed by atoms with Gasteiger partial charge in [-0.05, 0) is 36.5 Å². The second-order valence-corrected chi connectivity index (χ2v) is 7.94. The second-order valence-electron chi connectivity index (χ2n) is 7.51. The van der Waals surface area contributed by atoms with Gasteiger partial charge in [-0.25, -0.2) is 4.79 Å². The van der Waals surface area contributed by atoms with Crippen molar-refractivity contribution in [3.63, 3.8) is 0 Å². The van der Waals surface area contributed by atoms with Gasteiger partial charge in [-0.1, -0.05) is 43.5 Å². The predicted molar refractivity (Wildman–Crippen MR) is 105 cm³/mol. The van der Waals surface area contributed by atoms with E-state index in [-0.39, 0.29) is 12.5 Å². The molecule has 1 heterocycles. The van der Waals surface area contributed by atoms with Gasteiger partial charge in [-0.15, -0.1) is 0 Å². The molecule has 0 unspecified atom stereocenters. The number of nitrogens with one attached hydrogen (secondary N) is 2. The van der Waals surface area contributed by atoms with E-state index >= 15 is 0 Å². The maximum atomic E-state index is 12.8. The standard InChI is InChI=1S/C20H24ClN3O5/c1-13-5-2-3-8-20(13)18(27)24(19(28)23-20)11-17(26)29-12-16(25)22-10-14-6-4-7-15(21)9-14/h4,6-7,9,13H,2-3,5,8,10-12H2,1H3,(H,22,25)(H,23,28)/t13-,20+/m1/s1. The summed E-state index contributed by atoms with van der Waals surface area (Å²) in [6, 6.07) is 6.42. The number of urea groups is 1. The molecule has 8 nitrogen and oxygen atoms in total. The van der Waals surface area contributed by atoms with E-state index in [0.717, 1.165) is 29.7 Å². The summed E-state index contributed by atoms with van der Waals surface area (Å²) < 4.78 is 4.93. The Morgan fingerprint density at radius 3 is 2.86 bits per heavy atom. The number of carbonyl (C=O) groups is 4. The largest absolute Gasteiger partial charge is 0.454 e. The fraction of sp³-hybridized carbons (Fsp3) is 0.500. The minimum atomic E-state index is -0.927. The first-order valence-electron chi connectivity index (χ1n) is 9.63. The van der Waals surface area contributed by atoms with E-state index in [0.29, 0.717) is 11.4 Å². The van der Waals surface area contributed by atoms with E-state index in [4.69, 9.17) is 16.3 Å². The van der Waals surface area contributed by atoms with Crippen molar-refractivity contribution in [2.75, 3.05) is 13.2 Å². The molecule has 4 amide bonds. The summed E-state index contributed by atoms with van der Waals surface area (Å²) in [7, 11) is 0. The van der Waals surface area contributed by atoms with Crippen molar-refractivity contribution in [2.24, 2.45) is 5.92 Å². The van der Waals surface area contributed by atoms with E-state index in [1.54, 1.807) is 24.3 Å². The highest BCUT2D eigenvalue weighted by Gasteiger charge is 2.55. The topological polar surface area (TPSA) is 105 Å². The summed E-state index contributed by atoms with van der Waals surface area (Å²) in [6.07, 6.45) is 3.27. The first-order chi connectivity index (χ1) is 13.8. The molecule has 0 bridgehead atoms. The number of ether oxygens (including phenoxy) is 1. The Hall–Kier alpha value is -2.61. The monoisotopic (exact) mass is 421 g/mol. The van der Waals surface area contributed by atoms with Gasteiger partial charge in [0.25, 0.3) is 11.8 Å². The lowest BCUT2D eigenvalue weighted by Crippen LogP contribution is -2.54. The molecule has 1 aromatic rings. The highest BCUT2D eigenvalue weighted by molar-refractivity contribution is 6.30. The number of hydrogen-bond donors (Lipinski definition) is 2. The van der Waals surface area contributed by atoms with Gasteiger partial charge < -0.3 is 15.4 Å². The normalized spacial score (nSPS) is 23.8. The fourth-order valence-corrected chi connectivity index (χ4v) is 4.07. The molecule has 9 heteroatoms. The lowest BCUT2D eigenvalue weighted by Gasteiger charge is -2.36. The minimum absolute atomic E-state index is 0.00554. The minimum Gasteiger partial charge on any atom is -0.454 e. The van der Waals surface area contributed by atoms with Crippen LogP contribution in [-0.4, -0.2) is 47.4 Å². The zero-order valence-corrected chi connectivity index (χ0v) is 17.0. The zero-order valence-electron chi connectivity index (χ0n) is 16.2. The van der Waals surface area contributed by atoms with Crippen molar-refractivity contribution in [1.82, 2.24) is 15.5 Å². The Morgan fingerprint density at radius 1 is 1.34 bits per heavy atom. The molecule has 1 aromatic carbocycles. The SMILES string of the molecule is C[C@@H]1CCCC[C@]12NC(=O)N(CC(=O)OCC(=O)NCc1cccc(Cl)c1)C2=O. The van der Waals surface area contributed by atoms with E-state index in [1.807, 2.05) is 6.92 Å². The van der Waals surface area contributed by atoms with Crippen molar-refractivity contribution >= 4 is 35.4 Å². The average Bonchev–Trinajstić information content (AvgIpc) is 2.92. The van der Waals surface area contributed by atoms with Crippen LogP contribution in [-0.2, 0) is 25.7 Å². The molecule has 1 saturated heterocycles. The van der Waals surface area contributed by atoms with Gasteiger partial charge in [-0.2, -0.15) is 0 Å². The Morgan fingerprint density at radius 2 is 2.14 bits per heavy atom. The van der Waals surface area contributed by atoms with Gasteiger partial charge in [0.2, 0.25) is 0 Å². The van der Waals surface area contributed by atoms with Gasteiger partial charge in [0.1, 0.15) is 12.1 Å². The molecule has 1 aliphatic carbocycles. The van der Waals surface area contributed by atoms with Crippen LogP contribution in [0.25, 0.3) is 0 Å². The number of hydrogen-bond acceptors (Lipinski definition) is 5. The smallest absolute Gasteiger partial charge is 0.326 e. The molecule has 0 radical (unpaired) electrons. The summed E-state index contributed by atoms with van der Waals surface area (Å²) in [5.41, 5.74) is -0.118. The fourth-order valence-electron chi connectivity index (χ4n) is 3.86. The molecule has 2 fully saturated rings. The molecule has 156 valence electrons. The number of imide groups is 1. The molecule has 1 aliphatic heterocycles. The number of nitrogens with zero attached hydrogens (tertiary/aromatic N) is 1. The molecule has 2 aliphatic rings. The summed E-state index contributed by atoms with van der Waals surface area (Å²) in [5.74, 6) is -1.69. The van der Waals surface area contributed by atoms with Gasteiger partial charge in [0.15, 0.2) is 6.61 Å². The third-order valence-electron chi connectivity index (χ3n) is 5.53. The molecular weight excluding hydrogens is 398 g/mol. The Kier molecular flexibility index (Phi) is 6.42. The molecular formula is C20H24ClN3O5. The molecule has 0 aromatic heterocycles. The second kappa shape index (κ2) is 8.82. The van der Waals surface area contributed by atoms with Crippen LogP contribution in [0.5, 0.6) is 0 Å². The van der Waals surface area contributed by atoms with Gasteiger partial charge in [-0.3, -0.25) is 19.3 Å². The van der Waals surface area contributed by atoms with Crippen LogP contribution in [0.1, 0.15) is 38.2 Å². The van der Waals surface area contributed by atoms with E-state index in [2.05, 4.69) is 10.6 Å². The number of halogens is 1. The molecule has 2 N–H and O–H groups in total. The maximum Gasteiger partial charge on any atom is 0.326 e. The Labute approximate surface area is 173 Å². The van der Waals surface area contributed by atoms with Crippen LogP contribution in [0, 0.1) is 5.92 Å². The van der Waals surface area contributed by atoms with Gasteiger partial charge in [0.05, 0.1) is 0 Å². The average molecular weight is 422 g/mol. The number of rotatable bonds is 6. The number of benzene rings is 1. The van der Waals surface area contributed by atoms with Crippen LogP contribution in [0.3, 0.4) is 0 Å². The molecule has 29 heavy (non-hydrogen) atoms. The Bertz CT molecular complexity index is 830. The molecule has 3 rings (SSSR count). The summed E-state index contributed by atoms with van der Waals surface area (Å²) in [6.45, 7) is 1.17. The van der Waals surface area contributed by atoms with Gasteiger partial charge in [0, 0.05) is 11.6 Å². The van der Waals surface area contributed by atoms with E-state index < -0.39 is 42.5 Å². The quantitative estimate of drug-likeness (QED) is 0.540. The summed E-state index contributed by atoms with van der Waals surface area (Å²) in [4.78, 5) is 49.9. The first-order valence-corrected chi connectivity index (χ1v) is 10.0. The maximum absolute atomic E-state index is 12.8. The number of esters is 1. The predicted octanol–water partition coefficient (Wildman–Crippen LogP) is 2.00. The van der Waals surface area contributed by atoms with Crippen molar-refractivity contribution < 1.29 is 23.9 Å². The molecule has 2 atom stereocenters. The van der Waals surface area contributed by atoms with Crippen LogP contribution < -0.4 is 10.6 Å². The zero-order chi connectivity index (χ0) is 21.0. The molecule has 1 spiro atoms. The lowest BCUT2D eigenvalue weighted by molar-refractivity contribution is -0.151. The van der Waals surface area contributed by atoms with Crippen molar-refractivity contribution in [3.05, 3.63) is 34.9 Å². The summed E-state index contributed by atoms with van der Waals surface area (Å²) >= 11 is 5.88. The Balaban J connectivity index is 1.47. The number of carbonyl (C=O) groups excluding carboxylic acids is 4. The van der Waals surface area contributed by atoms with E-state index in [1.165, 1.54) is 0 Å². The van der Waals surface area contributed by atoms with Gasteiger partial charge >= 0.3 is 12.0 Å².